The van der Waals surface area contributed by atoms with Gasteiger partial charge in [0.05, 0.1) is 6.42 Å². The second kappa shape index (κ2) is 5.10. The molecule has 0 bridgehead atoms. The second-order valence-corrected chi connectivity index (χ2v) is 4.77. The number of carbonyl (C=O) groups excluding carboxylic acids is 1. The van der Waals surface area contributed by atoms with E-state index in [1.165, 1.54) is 0 Å². The van der Waals surface area contributed by atoms with Gasteiger partial charge in [0.1, 0.15) is 5.60 Å². The van der Waals surface area contributed by atoms with E-state index in [-0.39, 0.29) is 12.4 Å². The number of ether oxygens (including phenoxy) is 1. The molecule has 0 atom stereocenters. The van der Waals surface area contributed by atoms with Crippen LogP contribution in [-0.2, 0) is 22.4 Å². The number of nitrogens with zero attached hydrogens (tertiary/aromatic N) is 1. The number of rotatable bonds is 3. The van der Waals surface area contributed by atoms with Crippen LogP contribution in [0.1, 0.15) is 39.0 Å². The van der Waals surface area contributed by atoms with E-state index in [2.05, 4.69) is 11.9 Å². The molecule has 0 unspecified atom stereocenters. The molecule has 1 aromatic heterocycles. The second-order valence-electron chi connectivity index (χ2n) is 4.77. The fraction of sp³-hybridized carbons (Fsp3) is 0.538. The SMILES string of the molecule is CCc1ccc(CC(=O)OC(C)(C)C)cn1. The van der Waals surface area contributed by atoms with Crippen molar-refractivity contribution in [1.82, 2.24) is 4.98 Å². The summed E-state index contributed by atoms with van der Waals surface area (Å²) in [5, 5.41) is 0. The molecule has 3 heteroatoms. The summed E-state index contributed by atoms with van der Waals surface area (Å²) in [7, 11) is 0. The minimum absolute atomic E-state index is 0.210. The Morgan fingerprint density at radius 2 is 2.06 bits per heavy atom. The first kappa shape index (κ1) is 12.7. The third-order valence-corrected chi connectivity index (χ3v) is 2.02. The first-order valence-electron chi connectivity index (χ1n) is 5.56. The monoisotopic (exact) mass is 221 g/mol. The average molecular weight is 221 g/mol. The molecular weight excluding hydrogens is 202 g/mol. The molecule has 0 fully saturated rings. The van der Waals surface area contributed by atoms with Gasteiger partial charge in [-0.15, -0.1) is 0 Å². The Balaban J connectivity index is 2.56. The molecule has 1 heterocycles. The van der Waals surface area contributed by atoms with Crippen LogP contribution in [-0.4, -0.2) is 16.6 Å². The molecular formula is C13H19NO2. The van der Waals surface area contributed by atoms with Crippen molar-refractivity contribution in [3.63, 3.8) is 0 Å². The van der Waals surface area contributed by atoms with E-state index in [0.29, 0.717) is 0 Å². The number of pyridine rings is 1. The highest BCUT2D eigenvalue weighted by atomic mass is 16.6. The zero-order chi connectivity index (χ0) is 12.2. The van der Waals surface area contributed by atoms with Gasteiger partial charge < -0.3 is 4.74 Å². The van der Waals surface area contributed by atoms with Crippen LogP contribution in [0, 0.1) is 0 Å². The Morgan fingerprint density at radius 3 is 2.50 bits per heavy atom. The summed E-state index contributed by atoms with van der Waals surface area (Å²) in [6.07, 6.45) is 2.93. The van der Waals surface area contributed by atoms with Crippen molar-refractivity contribution in [2.45, 2.75) is 46.1 Å². The summed E-state index contributed by atoms with van der Waals surface area (Å²) in [4.78, 5) is 15.8. The van der Waals surface area contributed by atoms with E-state index >= 15 is 0 Å². The number of aromatic nitrogens is 1. The molecule has 0 aromatic carbocycles. The van der Waals surface area contributed by atoms with Crippen molar-refractivity contribution in [3.8, 4) is 0 Å². The number of aryl methyl sites for hydroxylation is 1. The zero-order valence-corrected chi connectivity index (χ0v) is 10.4. The van der Waals surface area contributed by atoms with Crippen LogP contribution in [0.15, 0.2) is 18.3 Å². The average Bonchev–Trinajstić information content (AvgIpc) is 2.16. The van der Waals surface area contributed by atoms with Gasteiger partial charge in [-0.25, -0.2) is 0 Å². The van der Waals surface area contributed by atoms with Crippen LogP contribution in [0.4, 0.5) is 0 Å². The zero-order valence-electron chi connectivity index (χ0n) is 10.4. The normalized spacial score (nSPS) is 11.2. The Bertz CT molecular complexity index is 349. The highest BCUT2D eigenvalue weighted by Gasteiger charge is 2.16. The molecule has 0 N–H and O–H groups in total. The van der Waals surface area contributed by atoms with Crippen LogP contribution in [0.25, 0.3) is 0 Å². The van der Waals surface area contributed by atoms with Gasteiger partial charge in [0.15, 0.2) is 0 Å². The van der Waals surface area contributed by atoms with Gasteiger partial charge in [-0.1, -0.05) is 13.0 Å². The topological polar surface area (TPSA) is 39.2 Å². The van der Waals surface area contributed by atoms with Gasteiger partial charge in [0.25, 0.3) is 0 Å². The molecule has 0 saturated heterocycles. The lowest BCUT2D eigenvalue weighted by molar-refractivity contribution is -0.153. The highest BCUT2D eigenvalue weighted by molar-refractivity contribution is 5.72. The van der Waals surface area contributed by atoms with E-state index in [1.807, 2.05) is 32.9 Å². The molecule has 0 amide bonds. The maximum atomic E-state index is 11.5. The Kier molecular flexibility index (Phi) is 4.05. The van der Waals surface area contributed by atoms with Gasteiger partial charge in [-0.3, -0.25) is 9.78 Å². The minimum atomic E-state index is -0.423. The largest absolute Gasteiger partial charge is 0.460 e. The van der Waals surface area contributed by atoms with Crippen molar-refractivity contribution < 1.29 is 9.53 Å². The molecule has 3 nitrogen and oxygen atoms in total. The fourth-order valence-corrected chi connectivity index (χ4v) is 1.31. The summed E-state index contributed by atoms with van der Waals surface area (Å²) < 4.78 is 5.23. The lowest BCUT2D eigenvalue weighted by Crippen LogP contribution is -2.24. The Labute approximate surface area is 96.8 Å². The molecule has 0 spiro atoms. The summed E-state index contributed by atoms with van der Waals surface area (Å²) in [6.45, 7) is 7.64. The number of hydrogen-bond donors (Lipinski definition) is 0. The standard InChI is InChI=1S/C13H19NO2/c1-5-11-7-6-10(9-14-11)8-12(15)16-13(2,3)4/h6-7,9H,5,8H2,1-4H3. The summed E-state index contributed by atoms with van der Waals surface area (Å²) in [5.74, 6) is -0.210. The first-order valence-corrected chi connectivity index (χ1v) is 5.56. The summed E-state index contributed by atoms with van der Waals surface area (Å²) >= 11 is 0. The van der Waals surface area contributed by atoms with E-state index in [1.54, 1.807) is 6.20 Å². The third kappa shape index (κ3) is 4.43. The van der Waals surface area contributed by atoms with Gasteiger partial charge in [0, 0.05) is 11.9 Å². The van der Waals surface area contributed by atoms with Gasteiger partial charge in [0.2, 0.25) is 0 Å². The summed E-state index contributed by atoms with van der Waals surface area (Å²) in [6, 6.07) is 3.87. The molecule has 0 aliphatic carbocycles. The molecule has 88 valence electrons. The van der Waals surface area contributed by atoms with Crippen LogP contribution < -0.4 is 0 Å². The van der Waals surface area contributed by atoms with E-state index in [4.69, 9.17) is 4.74 Å². The maximum Gasteiger partial charge on any atom is 0.310 e. The molecule has 0 aliphatic heterocycles. The van der Waals surface area contributed by atoms with Crippen LogP contribution in [0.2, 0.25) is 0 Å². The Morgan fingerprint density at radius 1 is 1.38 bits per heavy atom. The van der Waals surface area contributed by atoms with E-state index < -0.39 is 5.60 Å². The van der Waals surface area contributed by atoms with Gasteiger partial charge in [-0.2, -0.15) is 0 Å². The van der Waals surface area contributed by atoms with Crippen molar-refractivity contribution >= 4 is 5.97 Å². The molecule has 0 saturated carbocycles. The Hall–Kier alpha value is -1.38. The van der Waals surface area contributed by atoms with Crippen molar-refractivity contribution in [1.29, 1.82) is 0 Å². The maximum absolute atomic E-state index is 11.5. The quantitative estimate of drug-likeness (QED) is 0.736. The molecule has 0 aliphatic rings. The third-order valence-electron chi connectivity index (χ3n) is 2.02. The fourth-order valence-electron chi connectivity index (χ4n) is 1.31. The first-order chi connectivity index (χ1) is 7.40. The molecule has 0 radical (unpaired) electrons. The smallest absolute Gasteiger partial charge is 0.310 e. The molecule has 1 aromatic rings. The lowest BCUT2D eigenvalue weighted by Gasteiger charge is -2.19. The predicted molar refractivity (Wildman–Crippen MR) is 63.2 cm³/mol. The highest BCUT2D eigenvalue weighted by Crippen LogP contribution is 2.10. The van der Waals surface area contributed by atoms with Crippen molar-refractivity contribution in [2.75, 3.05) is 0 Å². The van der Waals surface area contributed by atoms with Gasteiger partial charge in [-0.05, 0) is 38.8 Å². The lowest BCUT2D eigenvalue weighted by atomic mass is 10.1. The number of esters is 1. The van der Waals surface area contributed by atoms with Crippen molar-refractivity contribution in [3.05, 3.63) is 29.6 Å². The molecule has 16 heavy (non-hydrogen) atoms. The van der Waals surface area contributed by atoms with Crippen LogP contribution in [0.5, 0.6) is 0 Å². The number of hydrogen-bond acceptors (Lipinski definition) is 3. The predicted octanol–water partition coefficient (Wildman–Crippen LogP) is 2.53. The minimum Gasteiger partial charge on any atom is -0.460 e. The number of carbonyl (C=O) groups is 1. The summed E-state index contributed by atoms with van der Waals surface area (Å²) in [5.41, 5.74) is 1.51. The van der Waals surface area contributed by atoms with E-state index in [9.17, 15) is 4.79 Å². The molecule has 1 rings (SSSR count). The van der Waals surface area contributed by atoms with Gasteiger partial charge >= 0.3 is 5.97 Å². The van der Waals surface area contributed by atoms with Crippen LogP contribution in [0.3, 0.4) is 0 Å². The van der Waals surface area contributed by atoms with Crippen molar-refractivity contribution in [2.24, 2.45) is 0 Å². The van der Waals surface area contributed by atoms with Crippen LogP contribution >= 0.6 is 0 Å². The van der Waals surface area contributed by atoms with E-state index in [0.717, 1.165) is 17.7 Å².